The van der Waals surface area contributed by atoms with E-state index in [1.807, 2.05) is 0 Å². The van der Waals surface area contributed by atoms with Gasteiger partial charge in [-0.25, -0.2) is 4.79 Å². The van der Waals surface area contributed by atoms with Crippen LogP contribution < -0.4 is 10.3 Å². The first-order valence-corrected chi connectivity index (χ1v) is 4.17. The molecule has 5 nitrogen and oxygen atoms in total. The van der Waals surface area contributed by atoms with Gasteiger partial charge in [-0.15, -0.1) is 9.92 Å². The van der Waals surface area contributed by atoms with E-state index in [1.54, 1.807) is 12.1 Å². The highest BCUT2D eigenvalue weighted by Crippen LogP contribution is 2.18. The van der Waals surface area contributed by atoms with Gasteiger partial charge in [0.25, 0.3) is 0 Å². The number of carbonyl (C=O) groups is 1. The number of nitroso groups, excluding NO2 is 1. The largest absolute Gasteiger partial charge is 0.344 e. The number of halogens is 1. The lowest BCUT2D eigenvalue weighted by Crippen LogP contribution is -2.33. The average molecular weight is 214 g/mol. The average Bonchev–Trinajstić information content (AvgIpc) is 2.21. The van der Waals surface area contributed by atoms with Gasteiger partial charge in [0.05, 0.1) is 11.0 Å². The maximum atomic E-state index is 11.1. The Labute approximate surface area is 85.6 Å². The van der Waals surface area contributed by atoms with E-state index in [4.69, 9.17) is 11.6 Å². The second kappa shape index (κ2) is 4.57. The molecule has 0 unspecified atom stereocenters. The number of urea groups is 1. The summed E-state index contributed by atoms with van der Waals surface area (Å²) < 4.78 is 0. The smallest absolute Gasteiger partial charge is 0.339 e. The fourth-order valence-corrected chi connectivity index (χ4v) is 1.02. The highest BCUT2D eigenvalue weighted by Gasteiger charge is 2.13. The van der Waals surface area contributed by atoms with Gasteiger partial charge >= 0.3 is 6.03 Å². The van der Waals surface area contributed by atoms with Crippen molar-refractivity contribution < 1.29 is 4.79 Å². The van der Waals surface area contributed by atoms with Gasteiger partial charge in [0.15, 0.2) is 0 Å². The van der Waals surface area contributed by atoms with E-state index < -0.39 is 6.03 Å². The topological polar surface area (TPSA) is 61.8 Å². The zero-order chi connectivity index (χ0) is 10.6. The monoisotopic (exact) mass is 213 g/mol. The summed E-state index contributed by atoms with van der Waals surface area (Å²) in [6.07, 6.45) is 0. The van der Waals surface area contributed by atoms with Gasteiger partial charge in [-0.2, -0.15) is 0 Å². The molecule has 0 bridgehead atoms. The number of nitrogens with one attached hydrogen (secondary N) is 1. The number of nitrogens with zero attached hydrogens (tertiary/aromatic N) is 2. The SMILES string of the molecule is CNC(=O)N(N=O)c1ccc(Cl)cc1. The lowest BCUT2D eigenvalue weighted by molar-refractivity contribution is 0.248. The van der Waals surface area contributed by atoms with Crippen molar-refractivity contribution in [3.8, 4) is 0 Å². The van der Waals surface area contributed by atoms with E-state index in [1.165, 1.54) is 19.2 Å². The van der Waals surface area contributed by atoms with Crippen LogP contribution >= 0.6 is 11.6 Å². The van der Waals surface area contributed by atoms with Gasteiger partial charge in [-0.1, -0.05) is 11.6 Å². The van der Waals surface area contributed by atoms with Crippen LogP contribution in [-0.2, 0) is 0 Å². The molecular weight excluding hydrogens is 206 g/mol. The minimum absolute atomic E-state index is 0.365. The summed E-state index contributed by atoms with van der Waals surface area (Å²) >= 11 is 5.65. The first-order chi connectivity index (χ1) is 6.69. The van der Waals surface area contributed by atoms with Crippen LogP contribution in [0.1, 0.15) is 0 Å². The number of anilines is 1. The fourth-order valence-electron chi connectivity index (χ4n) is 0.890. The van der Waals surface area contributed by atoms with Crippen molar-refractivity contribution in [3.05, 3.63) is 34.2 Å². The van der Waals surface area contributed by atoms with Crippen molar-refractivity contribution in [2.24, 2.45) is 5.29 Å². The lowest BCUT2D eigenvalue weighted by Gasteiger charge is -2.11. The molecule has 1 aromatic carbocycles. The molecule has 2 amide bonds. The van der Waals surface area contributed by atoms with Crippen molar-refractivity contribution in [1.29, 1.82) is 0 Å². The third kappa shape index (κ3) is 2.20. The van der Waals surface area contributed by atoms with Crippen LogP contribution in [0.5, 0.6) is 0 Å². The van der Waals surface area contributed by atoms with Gasteiger partial charge in [-0.3, -0.25) is 0 Å². The Hall–Kier alpha value is -1.62. The fraction of sp³-hybridized carbons (Fsp3) is 0.125. The van der Waals surface area contributed by atoms with Crippen molar-refractivity contribution in [1.82, 2.24) is 5.32 Å². The molecule has 0 aliphatic carbocycles. The van der Waals surface area contributed by atoms with E-state index in [-0.39, 0.29) is 0 Å². The van der Waals surface area contributed by atoms with Crippen LogP contribution in [0.4, 0.5) is 10.5 Å². The summed E-state index contributed by atoms with van der Waals surface area (Å²) in [5, 5.41) is 6.11. The molecule has 0 aromatic heterocycles. The molecule has 0 radical (unpaired) electrons. The molecule has 0 aliphatic rings. The number of benzene rings is 1. The maximum Gasteiger partial charge on any atom is 0.344 e. The molecule has 6 heteroatoms. The van der Waals surface area contributed by atoms with Crippen molar-refractivity contribution in [3.63, 3.8) is 0 Å². The summed E-state index contributed by atoms with van der Waals surface area (Å²) in [5.74, 6) is 0. The van der Waals surface area contributed by atoms with Crippen molar-refractivity contribution >= 4 is 23.3 Å². The van der Waals surface area contributed by atoms with Gasteiger partial charge in [0.2, 0.25) is 0 Å². The molecule has 0 aliphatic heterocycles. The summed E-state index contributed by atoms with van der Waals surface area (Å²) in [4.78, 5) is 21.5. The molecule has 0 saturated carbocycles. The van der Waals surface area contributed by atoms with Crippen molar-refractivity contribution in [2.45, 2.75) is 0 Å². The molecule has 0 saturated heterocycles. The van der Waals surface area contributed by atoms with Gasteiger partial charge in [0, 0.05) is 12.1 Å². The van der Waals surface area contributed by atoms with Crippen LogP contribution in [-0.4, -0.2) is 13.1 Å². The minimum Gasteiger partial charge on any atom is -0.339 e. The molecule has 0 heterocycles. The van der Waals surface area contributed by atoms with Crippen molar-refractivity contribution in [2.75, 3.05) is 12.1 Å². The summed E-state index contributed by atoms with van der Waals surface area (Å²) in [7, 11) is 1.41. The van der Waals surface area contributed by atoms with E-state index in [9.17, 15) is 9.70 Å². The number of carbonyl (C=O) groups excluding carboxylic acids is 1. The highest BCUT2D eigenvalue weighted by atomic mass is 35.5. The summed E-state index contributed by atoms with van der Waals surface area (Å²) in [6, 6.07) is 5.59. The predicted molar refractivity (Wildman–Crippen MR) is 54.2 cm³/mol. The number of rotatable bonds is 2. The molecule has 1 N–H and O–H groups in total. The molecule has 74 valence electrons. The van der Waals surface area contributed by atoms with E-state index in [0.717, 1.165) is 0 Å². The normalized spacial score (nSPS) is 9.29. The maximum absolute atomic E-state index is 11.1. The molecular formula is C8H8ClN3O2. The van der Waals surface area contributed by atoms with Gasteiger partial charge < -0.3 is 5.32 Å². The molecule has 1 rings (SSSR count). The number of hydrogen-bond donors (Lipinski definition) is 1. The Morgan fingerprint density at radius 1 is 1.43 bits per heavy atom. The molecule has 0 fully saturated rings. The number of amides is 2. The Morgan fingerprint density at radius 2 is 2.00 bits per heavy atom. The first kappa shape index (κ1) is 10.5. The van der Waals surface area contributed by atoms with Gasteiger partial charge in [0.1, 0.15) is 0 Å². The van der Waals surface area contributed by atoms with Crippen LogP contribution in [0.15, 0.2) is 29.6 Å². The highest BCUT2D eigenvalue weighted by molar-refractivity contribution is 6.30. The second-order valence-electron chi connectivity index (χ2n) is 2.43. The second-order valence-corrected chi connectivity index (χ2v) is 2.86. The third-order valence-electron chi connectivity index (χ3n) is 1.56. The Morgan fingerprint density at radius 3 is 2.43 bits per heavy atom. The van der Waals surface area contributed by atoms with Crippen LogP contribution in [0.25, 0.3) is 0 Å². The molecule has 14 heavy (non-hydrogen) atoms. The van der Waals surface area contributed by atoms with E-state index in [2.05, 4.69) is 10.6 Å². The Kier molecular flexibility index (Phi) is 3.41. The quantitative estimate of drug-likeness (QED) is 0.605. The zero-order valence-corrected chi connectivity index (χ0v) is 8.15. The van der Waals surface area contributed by atoms with Crippen LogP contribution in [0.2, 0.25) is 5.02 Å². The minimum atomic E-state index is -0.595. The molecule has 0 atom stereocenters. The molecule has 1 aromatic rings. The Bertz CT molecular complexity index is 339. The van der Waals surface area contributed by atoms with E-state index in [0.29, 0.717) is 15.7 Å². The number of hydrogen-bond acceptors (Lipinski definition) is 3. The summed E-state index contributed by atoms with van der Waals surface area (Å²) in [5.41, 5.74) is 0.365. The Balaban J connectivity index is 2.95. The summed E-state index contributed by atoms with van der Waals surface area (Å²) in [6.45, 7) is 0. The van der Waals surface area contributed by atoms with Gasteiger partial charge in [-0.05, 0) is 24.3 Å². The third-order valence-corrected chi connectivity index (χ3v) is 1.81. The first-order valence-electron chi connectivity index (χ1n) is 3.79. The zero-order valence-electron chi connectivity index (χ0n) is 7.40. The standard InChI is InChI=1S/C8H8ClN3O2/c1-10-8(13)12(11-14)7-4-2-6(9)3-5-7/h2-5H,1H3,(H,10,13). The predicted octanol–water partition coefficient (Wildman–Crippen LogP) is 2.17. The van der Waals surface area contributed by atoms with Crippen LogP contribution in [0, 0.1) is 4.91 Å². The lowest BCUT2D eigenvalue weighted by atomic mass is 10.3. The van der Waals surface area contributed by atoms with E-state index >= 15 is 0 Å². The van der Waals surface area contributed by atoms with Crippen LogP contribution in [0.3, 0.4) is 0 Å². The molecule has 0 spiro atoms.